The molecule has 242 valence electrons. The van der Waals surface area contributed by atoms with E-state index in [1.54, 1.807) is 42.6 Å². The van der Waals surface area contributed by atoms with Crippen LogP contribution in [-0.4, -0.2) is 75.3 Å². The maximum absolute atomic E-state index is 15.7. The minimum atomic E-state index is -3.92. The summed E-state index contributed by atoms with van der Waals surface area (Å²) in [5.41, 5.74) is 14.4. The molecule has 0 spiro atoms. The Hall–Kier alpha value is -4.14. The van der Waals surface area contributed by atoms with Crippen LogP contribution in [0, 0.1) is 5.82 Å². The summed E-state index contributed by atoms with van der Waals surface area (Å²) in [4.78, 5) is 15.4. The summed E-state index contributed by atoms with van der Waals surface area (Å²) >= 11 is 0. The Kier molecular flexibility index (Phi) is 11.8. The monoisotopic (exact) mass is 643 g/mol. The molecule has 1 saturated heterocycles. The number of morpholine rings is 1. The Labute approximate surface area is 262 Å². The number of hydrogen-bond acceptors (Lipinski definition) is 10. The number of anilines is 4. The van der Waals surface area contributed by atoms with Gasteiger partial charge in [0.1, 0.15) is 11.6 Å². The molecule has 3 heterocycles. The molecule has 1 aliphatic rings. The summed E-state index contributed by atoms with van der Waals surface area (Å²) in [5.74, 6) is -0.306. The van der Waals surface area contributed by atoms with Crippen LogP contribution in [0.2, 0.25) is 0 Å². The highest BCUT2D eigenvalue weighted by Crippen LogP contribution is 2.38. The van der Waals surface area contributed by atoms with E-state index in [-0.39, 0.29) is 23.5 Å². The van der Waals surface area contributed by atoms with Crippen molar-refractivity contribution < 1.29 is 26.7 Å². The Morgan fingerprint density at radius 2 is 1.84 bits per heavy atom. The molecule has 1 fully saturated rings. The minimum absolute atomic E-state index is 0.156. The Morgan fingerprint density at radius 3 is 2.49 bits per heavy atom. The third-order valence-electron chi connectivity index (χ3n) is 6.88. The van der Waals surface area contributed by atoms with E-state index in [2.05, 4.69) is 26.5 Å². The lowest BCUT2D eigenvalue weighted by Gasteiger charge is -2.30. The number of nitrogens with two attached hydrogens (primary N) is 2. The standard InChI is InChI=1S/C26H27F2N7O3S.C5H12O/c27-7-2-12-39(36,37)34-20-4-1-3-18(23(20)28)17-13-19-24(21(14-17)35-8-10-38-11-9-35)32-26(33-25(19)30)16-5-6-22(29)31-15-16;1-3-5-6-4-2/h1,3-6,13-15,34H,2,7-12H2,(H2,29,31)(H2,30,32,33);3-5H2,1-2H3. The van der Waals surface area contributed by atoms with Gasteiger partial charge in [-0.05, 0) is 55.7 Å². The number of hydrogen-bond donors (Lipinski definition) is 3. The van der Waals surface area contributed by atoms with Crippen LogP contribution in [-0.2, 0) is 19.5 Å². The largest absolute Gasteiger partial charge is 0.384 e. The van der Waals surface area contributed by atoms with Crippen molar-refractivity contribution in [1.82, 2.24) is 15.0 Å². The van der Waals surface area contributed by atoms with Gasteiger partial charge in [0, 0.05) is 49.0 Å². The molecule has 2 aromatic carbocycles. The number of aromatic nitrogens is 3. The van der Waals surface area contributed by atoms with Gasteiger partial charge >= 0.3 is 0 Å². The Bertz CT molecular complexity index is 1680. The molecule has 0 unspecified atom stereocenters. The second kappa shape index (κ2) is 15.7. The number of nitrogen functional groups attached to an aromatic ring is 2. The van der Waals surface area contributed by atoms with E-state index in [4.69, 9.17) is 25.9 Å². The van der Waals surface area contributed by atoms with Gasteiger partial charge in [-0.3, -0.25) is 9.11 Å². The van der Waals surface area contributed by atoms with Crippen molar-refractivity contribution >= 4 is 43.9 Å². The molecule has 14 heteroatoms. The number of ether oxygens (including phenoxy) is 2. The molecule has 5 rings (SSSR count). The van der Waals surface area contributed by atoms with Crippen molar-refractivity contribution in [2.45, 2.75) is 26.7 Å². The smallest absolute Gasteiger partial charge is 0.232 e. The first-order chi connectivity index (χ1) is 21.7. The van der Waals surface area contributed by atoms with Crippen LogP contribution < -0.4 is 21.1 Å². The topological polar surface area (TPSA) is 159 Å². The zero-order chi connectivity index (χ0) is 32.4. The van der Waals surface area contributed by atoms with E-state index in [0.29, 0.717) is 65.7 Å². The van der Waals surface area contributed by atoms with Gasteiger partial charge in [0.05, 0.1) is 42.5 Å². The van der Waals surface area contributed by atoms with Crippen molar-refractivity contribution in [1.29, 1.82) is 0 Å². The number of rotatable bonds is 11. The fourth-order valence-electron chi connectivity index (χ4n) is 4.69. The first-order valence-corrected chi connectivity index (χ1v) is 16.4. The number of nitrogens with zero attached hydrogens (tertiary/aromatic N) is 4. The van der Waals surface area contributed by atoms with Crippen LogP contribution in [0.4, 0.5) is 31.8 Å². The van der Waals surface area contributed by atoms with Crippen molar-refractivity contribution in [2.75, 3.05) is 73.0 Å². The van der Waals surface area contributed by atoms with Crippen LogP contribution in [0.5, 0.6) is 0 Å². The van der Waals surface area contributed by atoms with E-state index in [0.717, 1.165) is 19.6 Å². The molecule has 0 amide bonds. The van der Waals surface area contributed by atoms with Gasteiger partial charge in [0.15, 0.2) is 11.6 Å². The van der Waals surface area contributed by atoms with E-state index in [9.17, 15) is 12.8 Å². The number of pyridine rings is 1. The van der Waals surface area contributed by atoms with E-state index < -0.39 is 28.3 Å². The van der Waals surface area contributed by atoms with Crippen molar-refractivity contribution in [2.24, 2.45) is 0 Å². The highest BCUT2D eigenvalue weighted by molar-refractivity contribution is 7.92. The summed E-state index contributed by atoms with van der Waals surface area (Å²) in [6.07, 6.45) is 2.51. The summed E-state index contributed by atoms with van der Waals surface area (Å²) in [7, 11) is -3.92. The van der Waals surface area contributed by atoms with Crippen molar-refractivity contribution in [3.05, 3.63) is 54.5 Å². The molecule has 0 radical (unpaired) electrons. The van der Waals surface area contributed by atoms with Crippen molar-refractivity contribution in [3.63, 3.8) is 0 Å². The lowest BCUT2D eigenvalue weighted by atomic mass is 10.00. The molecule has 1 aliphatic heterocycles. The van der Waals surface area contributed by atoms with Gasteiger partial charge in [-0.1, -0.05) is 19.1 Å². The molecule has 5 N–H and O–H groups in total. The Balaban J connectivity index is 0.000000700. The first-order valence-electron chi connectivity index (χ1n) is 14.8. The molecule has 2 aromatic heterocycles. The second-order valence-electron chi connectivity index (χ2n) is 10.2. The SMILES string of the molecule is CCCOCC.Nc1ccc(-c2nc(N)c3cc(-c4cccc(NS(=O)(=O)CCCF)c4F)cc(N4CCOCC4)c3n2)cn1. The number of fused-ring (bicyclic) bond motifs is 1. The summed E-state index contributed by atoms with van der Waals surface area (Å²) in [6.45, 7) is 7.27. The van der Waals surface area contributed by atoms with E-state index in [1.165, 1.54) is 6.07 Å². The predicted molar refractivity (Wildman–Crippen MR) is 175 cm³/mol. The fraction of sp³-hybridized carbons (Fsp3) is 0.387. The minimum Gasteiger partial charge on any atom is -0.384 e. The summed E-state index contributed by atoms with van der Waals surface area (Å²) < 4.78 is 65.5. The molecule has 4 aromatic rings. The second-order valence-corrected chi connectivity index (χ2v) is 12.1. The van der Waals surface area contributed by atoms with E-state index >= 15 is 4.39 Å². The molecule has 0 aliphatic carbocycles. The van der Waals surface area contributed by atoms with Gasteiger partial charge in [0.2, 0.25) is 10.0 Å². The average molecular weight is 644 g/mol. The number of nitrogens with one attached hydrogen (secondary N) is 1. The molecule has 0 atom stereocenters. The average Bonchev–Trinajstić information content (AvgIpc) is 3.04. The number of halogens is 2. The number of alkyl halides is 1. The molecule has 11 nitrogen and oxygen atoms in total. The van der Waals surface area contributed by atoms with Crippen molar-refractivity contribution in [3.8, 4) is 22.5 Å². The quantitative estimate of drug-likeness (QED) is 0.189. The van der Waals surface area contributed by atoms with Crippen LogP contribution >= 0.6 is 0 Å². The first kappa shape index (κ1) is 33.7. The van der Waals surface area contributed by atoms with Gasteiger partial charge in [0.25, 0.3) is 0 Å². The normalized spacial score (nSPS) is 13.4. The van der Waals surface area contributed by atoms with Gasteiger partial charge in [-0.25, -0.2) is 27.8 Å². The highest BCUT2D eigenvalue weighted by Gasteiger charge is 2.22. The van der Waals surface area contributed by atoms with E-state index in [1.807, 2.05) is 6.92 Å². The van der Waals surface area contributed by atoms with Crippen LogP contribution in [0.3, 0.4) is 0 Å². The number of benzene rings is 2. The molecule has 0 saturated carbocycles. The van der Waals surface area contributed by atoms with Gasteiger partial charge in [-0.15, -0.1) is 0 Å². The van der Waals surface area contributed by atoms with Gasteiger partial charge < -0.3 is 25.8 Å². The fourth-order valence-corrected chi connectivity index (χ4v) is 5.77. The lowest BCUT2D eigenvalue weighted by molar-refractivity contribution is 0.123. The summed E-state index contributed by atoms with van der Waals surface area (Å²) in [5, 5.41) is 0.509. The number of sulfonamides is 1. The lowest BCUT2D eigenvalue weighted by Crippen LogP contribution is -2.36. The third-order valence-corrected chi connectivity index (χ3v) is 8.24. The highest BCUT2D eigenvalue weighted by atomic mass is 32.2. The van der Waals surface area contributed by atoms with Gasteiger partial charge in [-0.2, -0.15) is 0 Å². The zero-order valence-corrected chi connectivity index (χ0v) is 26.2. The van der Waals surface area contributed by atoms with Crippen LogP contribution in [0.15, 0.2) is 48.7 Å². The molecular weight excluding hydrogens is 604 g/mol. The third kappa shape index (κ3) is 8.74. The zero-order valence-electron chi connectivity index (χ0n) is 25.4. The maximum Gasteiger partial charge on any atom is 0.232 e. The predicted octanol–water partition coefficient (Wildman–Crippen LogP) is 5.03. The molecular formula is C31H39F2N7O4S. The molecule has 45 heavy (non-hydrogen) atoms. The Morgan fingerprint density at radius 1 is 1.07 bits per heavy atom. The van der Waals surface area contributed by atoms with Crippen LogP contribution in [0.25, 0.3) is 33.4 Å². The molecule has 0 bridgehead atoms. The van der Waals surface area contributed by atoms with Crippen LogP contribution in [0.1, 0.15) is 26.7 Å². The summed E-state index contributed by atoms with van der Waals surface area (Å²) in [6, 6.07) is 11.3. The maximum atomic E-state index is 15.7.